The fourth-order valence-corrected chi connectivity index (χ4v) is 5.89. The van der Waals surface area contributed by atoms with Crippen LogP contribution in [0.3, 0.4) is 0 Å². The highest BCUT2D eigenvalue weighted by molar-refractivity contribution is 9.09. The maximum Gasteiger partial charge on any atom is 0.127 e. The number of aromatic hydroxyl groups is 1. The minimum absolute atomic E-state index is 0.0633. The van der Waals surface area contributed by atoms with E-state index in [2.05, 4.69) is 83.1 Å². The van der Waals surface area contributed by atoms with Crippen LogP contribution in [-0.2, 0) is 15.9 Å². The monoisotopic (exact) mass is 578 g/mol. The van der Waals surface area contributed by atoms with Gasteiger partial charge in [-0.05, 0) is 97.3 Å². The van der Waals surface area contributed by atoms with E-state index in [1.165, 1.54) is 18.4 Å². The van der Waals surface area contributed by atoms with Crippen LogP contribution in [0.2, 0.25) is 0 Å². The highest BCUT2D eigenvalue weighted by atomic mass is 79.9. The Kier molecular flexibility index (Phi) is 12.7. The fraction of sp³-hybridized carbons (Fsp3) is 0.688. The third kappa shape index (κ3) is 10.4. The van der Waals surface area contributed by atoms with Crippen LogP contribution in [0.25, 0.3) is 0 Å². The first-order valence-corrected chi connectivity index (χ1v) is 15.2. The van der Waals surface area contributed by atoms with Gasteiger partial charge in [-0.2, -0.15) is 0 Å². The molecule has 1 N–H and O–H groups in total. The van der Waals surface area contributed by atoms with Crippen molar-refractivity contribution in [3.63, 3.8) is 0 Å². The Labute approximate surface area is 235 Å². The number of alkyl halides is 1. The maximum absolute atomic E-state index is 11.3. The molecule has 0 bridgehead atoms. The van der Waals surface area contributed by atoms with Gasteiger partial charge >= 0.3 is 0 Å². The summed E-state index contributed by atoms with van der Waals surface area (Å²) in [5.74, 6) is 1.45. The number of aryl methyl sites for hydroxylation is 1. The molecule has 5 heteroatoms. The van der Waals surface area contributed by atoms with Gasteiger partial charge in [-0.3, -0.25) is 0 Å². The molecule has 0 aromatic heterocycles. The van der Waals surface area contributed by atoms with Crippen molar-refractivity contribution in [1.82, 2.24) is 0 Å². The Morgan fingerprint density at radius 2 is 1.84 bits per heavy atom. The van der Waals surface area contributed by atoms with Gasteiger partial charge in [0.15, 0.2) is 0 Å². The molecule has 1 aliphatic rings. The largest absolute Gasteiger partial charge is 0.507 e. The Morgan fingerprint density at radius 1 is 1.11 bits per heavy atom. The quantitative estimate of drug-likeness (QED) is 0.121. The van der Waals surface area contributed by atoms with Gasteiger partial charge in [0, 0.05) is 16.8 Å². The number of ether oxygens (including phenoxy) is 3. The molecule has 0 spiro atoms. The van der Waals surface area contributed by atoms with Crippen molar-refractivity contribution < 1.29 is 19.3 Å². The van der Waals surface area contributed by atoms with Crippen molar-refractivity contribution in [2.75, 3.05) is 25.2 Å². The Balaban J connectivity index is 2.18. The number of allylic oxidation sites excluding steroid dienone is 3. The summed E-state index contributed by atoms with van der Waals surface area (Å²) in [5.41, 5.74) is 3.89. The SMILES string of the molecule is C=C(C)C1CCC(C)=CC1c1c(O)cc(CCCCC)cc1OCCOC(C)(C)COC(C)(C)CCBr. The predicted octanol–water partition coefficient (Wildman–Crippen LogP) is 8.90. The van der Waals surface area contributed by atoms with Crippen LogP contribution >= 0.6 is 15.9 Å². The first-order valence-electron chi connectivity index (χ1n) is 14.0. The molecular formula is C32H51BrO4. The lowest BCUT2D eigenvalue weighted by molar-refractivity contribution is -0.123. The molecule has 0 saturated heterocycles. The minimum atomic E-state index is -0.422. The summed E-state index contributed by atoms with van der Waals surface area (Å²) >= 11 is 3.50. The number of phenolic OH excluding ortho intramolecular Hbond substituents is 1. The molecule has 4 nitrogen and oxygen atoms in total. The first-order chi connectivity index (χ1) is 17.4. The van der Waals surface area contributed by atoms with Crippen LogP contribution in [0.5, 0.6) is 11.5 Å². The molecule has 0 aliphatic heterocycles. The van der Waals surface area contributed by atoms with Gasteiger partial charge < -0.3 is 19.3 Å². The second-order valence-corrected chi connectivity index (χ2v) is 12.8. The molecule has 0 heterocycles. The number of phenols is 1. The number of hydrogen-bond donors (Lipinski definition) is 1. The molecule has 1 aliphatic carbocycles. The Morgan fingerprint density at radius 3 is 2.49 bits per heavy atom. The highest BCUT2D eigenvalue weighted by Gasteiger charge is 2.31. The summed E-state index contributed by atoms with van der Waals surface area (Å²) < 4.78 is 18.7. The van der Waals surface area contributed by atoms with E-state index in [1.807, 2.05) is 6.07 Å². The molecule has 2 atom stereocenters. The smallest absolute Gasteiger partial charge is 0.127 e. The van der Waals surface area contributed by atoms with Crippen LogP contribution < -0.4 is 4.74 Å². The zero-order valence-corrected chi connectivity index (χ0v) is 26.0. The summed E-state index contributed by atoms with van der Waals surface area (Å²) in [4.78, 5) is 0. The number of hydrogen-bond acceptors (Lipinski definition) is 4. The second-order valence-electron chi connectivity index (χ2n) is 12.0. The van der Waals surface area contributed by atoms with Gasteiger partial charge in [0.1, 0.15) is 18.1 Å². The van der Waals surface area contributed by atoms with E-state index in [4.69, 9.17) is 14.2 Å². The van der Waals surface area contributed by atoms with Crippen molar-refractivity contribution >= 4 is 15.9 Å². The molecule has 37 heavy (non-hydrogen) atoms. The molecule has 1 aromatic rings. The second kappa shape index (κ2) is 14.7. The summed E-state index contributed by atoms with van der Waals surface area (Å²) in [5, 5.41) is 12.2. The van der Waals surface area contributed by atoms with Crippen molar-refractivity contribution in [2.24, 2.45) is 5.92 Å². The standard InChI is InChI=1S/C32H51BrO4/c1-9-10-11-12-25-20-28(34)30(27-19-24(4)13-14-26(27)23(2)3)29(21-25)35-17-18-36-32(7,8)22-37-31(5,6)15-16-33/h19-21,26-27,34H,2,9-18,22H2,1,3-8H3. The van der Waals surface area contributed by atoms with Gasteiger partial charge in [-0.1, -0.05) is 59.5 Å². The molecule has 0 radical (unpaired) electrons. The van der Waals surface area contributed by atoms with Crippen LogP contribution in [0.15, 0.2) is 35.9 Å². The van der Waals surface area contributed by atoms with Gasteiger partial charge in [0.25, 0.3) is 0 Å². The van der Waals surface area contributed by atoms with Crippen LogP contribution in [0.1, 0.15) is 104 Å². The third-order valence-electron chi connectivity index (χ3n) is 7.30. The minimum Gasteiger partial charge on any atom is -0.507 e. The lowest BCUT2D eigenvalue weighted by Gasteiger charge is -2.33. The number of unbranched alkanes of at least 4 members (excludes halogenated alkanes) is 2. The zero-order valence-electron chi connectivity index (χ0n) is 24.4. The van der Waals surface area contributed by atoms with E-state index < -0.39 is 5.60 Å². The van der Waals surface area contributed by atoms with Crippen molar-refractivity contribution in [3.05, 3.63) is 47.1 Å². The van der Waals surface area contributed by atoms with E-state index in [0.717, 1.165) is 59.9 Å². The molecule has 2 rings (SSSR count). The molecule has 0 amide bonds. The Bertz CT molecular complexity index is 902. The maximum atomic E-state index is 11.3. The van der Waals surface area contributed by atoms with Crippen LogP contribution in [-0.4, -0.2) is 41.5 Å². The van der Waals surface area contributed by atoms with Crippen molar-refractivity contribution in [1.29, 1.82) is 0 Å². The highest BCUT2D eigenvalue weighted by Crippen LogP contribution is 2.47. The first kappa shape index (κ1) is 31.9. The molecular weight excluding hydrogens is 528 g/mol. The van der Waals surface area contributed by atoms with E-state index in [0.29, 0.717) is 25.6 Å². The normalized spacial score (nSPS) is 18.5. The number of benzene rings is 1. The third-order valence-corrected chi connectivity index (χ3v) is 7.70. The molecule has 0 saturated carbocycles. The van der Waals surface area contributed by atoms with Crippen molar-refractivity contribution in [3.8, 4) is 11.5 Å². The topological polar surface area (TPSA) is 47.9 Å². The molecule has 210 valence electrons. The van der Waals surface area contributed by atoms with E-state index in [9.17, 15) is 5.11 Å². The van der Waals surface area contributed by atoms with Crippen molar-refractivity contribution in [2.45, 2.75) is 111 Å². The number of halogens is 1. The molecule has 0 fully saturated rings. The zero-order chi connectivity index (χ0) is 27.6. The summed E-state index contributed by atoms with van der Waals surface area (Å²) in [6, 6.07) is 4.08. The molecule has 2 unspecified atom stereocenters. The van der Waals surface area contributed by atoms with Gasteiger partial charge in [0.05, 0.1) is 24.4 Å². The summed E-state index contributed by atoms with van der Waals surface area (Å²) in [6.45, 7) is 20.4. The van der Waals surface area contributed by atoms with E-state index >= 15 is 0 Å². The number of rotatable bonds is 16. The van der Waals surface area contributed by atoms with Crippen LogP contribution in [0.4, 0.5) is 0 Å². The fourth-order valence-electron chi connectivity index (χ4n) is 4.93. The lowest BCUT2D eigenvalue weighted by atomic mass is 9.73. The summed E-state index contributed by atoms with van der Waals surface area (Å²) in [7, 11) is 0. The van der Waals surface area contributed by atoms with Gasteiger partial charge in [-0.15, -0.1) is 0 Å². The predicted molar refractivity (Wildman–Crippen MR) is 159 cm³/mol. The van der Waals surface area contributed by atoms with E-state index in [-0.39, 0.29) is 17.4 Å². The average Bonchev–Trinajstić information content (AvgIpc) is 2.80. The lowest BCUT2D eigenvalue weighted by Crippen LogP contribution is -2.37. The Hall–Kier alpha value is -1.30. The summed E-state index contributed by atoms with van der Waals surface area (Å²) in [6.07, 6.45) is 9.74. The van der Waals surface area contributed by atoms with Gasteiger partial charge in [0.2, 0.25) is 0 Å². The van der Waals surface area contributed by atoms with Gasteiger partial charge in [-0.25, -0.2) is 0 Å². The average molecular weight is 580 g/mol. The molecule has 1 aromatic carbocycles. The van der Waals surface area contributed by atoms with Crippen LogP contribution in [0, 0.1) is 5.92 Å². The van der Waals surface area contributed by atoms with E-state index in [1.54, 1.807) is 0 Å².